The van der Waals surface area contributed by atoms with Gasteiger partial charge in [0, 0.05) is 23.5 Å². The Balaban J connectivity index is 1.52. The maximum atomic E-state index is 11.9. The first-order valence-corrected chi connectivity index (χ1v) is 9.91. The summed E-state index contributed by atoms with van der Waals surface area (Å²) in [4.78, 5) is 25.9. The summed E-state index contributed by atoms with van der Waals surface area (Å²) in [6, 6.07) is 4.22. The maximum absolute atomic E-state index is 11.9. The number of hydrogen-bond donors (Lipinski definition) is 3. The molecule has 2 amide bonds. The third-order valence-corrected chi connectivity index (χ3v) is 5.76. The number of carbonyl (C=O) groups is 2. The second-order valence-corrected chi connectivity index (χ2v) is 8.14. The van der Waals surface area contributed by atoms with Crippen LogP contribution in [0, 0.1) is 0 Å². The summed E-state index contributed by atoms with van der Waals surface area (Å²) < 4.78 is 0.816. The van der Waals surface area contributed by atoms with Crippen LogP contribution in [-0.2, 0) is 11.2 Å². The largest absolute Gasteiger partial charge is 0.480 e. The second kappa shape index (κ2) is 9.99. The average Bonchev–Trinajstić information content (AvgIpc) is 2.93. The van der Waals surface area contributed by atoms with Crippen LogP contribution in [0.1, 0.15) is 37.5 Å². The molecule has 0 spiro atoms. The molecule has 0 bridgehead atoms. The quantitative estimate of drug-likeness (QED) is 0.539. The lowest BCUT2D eigenvalue weighted by Gasteiger charge is -2.42. The Morgan fingerprint density at radius 3 is 2.72 bits per heavy atom. The number of carboxylic acids is 1. The lowest BCUT2D eigenvalue weighted by atomic mass is 9.85. The van der Waals surface area contributed by atoms with Crippen molar-refractivity contribution in [1.29, 1.82) is 0 Å². The van der Waals surface area contributed by atoms with Crippen LogP contribution in [-0.4, -0.2) is 53.7 Å². The number of thiophene rings is 1. The highest BCUT2D eigenvalue weighted by molar-refractivity contribution is 7.16. The van der Waals surface area contributed by atoms with Crippen molar-refractivity contribution in [3.05, 3.63) is 21.3 Å². The number of rotatable bonds is 10. The van der Waals surface area contributed by atoms with E-state index in [4.69, 9.17) is 16.7 Å². The Labute approximate surface area is 157 Å². The predicted molar refractivity (Wildman–Crippen MR) is 100 cm³/mol. The van der Waals surface area contributed by atoms with Crippen LogP contribution in [0.15, 0.2) is 12.1 Å². The van der Waals surface area contributed by atoms with E-state index in [1.807, 2.05) is 24.0 Å². The minimum Gasteiger partial charge on any atom is -0.480 e. The van der Waals surface area contributed by atoms with Crippen molar-refractivity contribution in [2.45, 2.75) is 51.1 Å². The Bertz CT molecular complexity index is 575. The number of nitrogens with one attached hydrogen (secondary N) is 2. The molecule has 2 rings (SSSR count). The molecule has 1 saturated carbocycles. The third-order valence-electron chi connectivity index (χ3n) is 4.47. The van der Waals surface area contributed by atoms with Crippen molar-refractivity contribution >= 4 is 34.9 Å². The zero-order valence-electron chi connectivity index (χ0n) is 14.5. The molecule has 1 aliphatic carbocycles. The van der Waals surface area contributed by atoms with Gasteiger partial charge in [0.05, 0.1) is 10.9 Å². The van der Waals surface area contributed by atoms with Crippen LogP contribution >= 0.6 is 22.9 Å². The Kier molecular flexibility index (Phi) is 7.99. The number of amides is 2. The highest BCUT2D eigenvalue weighted by atomic mass is 35.5. The van der Waals surface area contributed by atoms with E-state index >= 15 is 0 Å². The summed E-state index contributed by atoms with van der Waals surface area (Å²) in [7, 11) is 0. The molecule has 8 heteroatoms. The van der Waals surface area contributed by atoms with Crippen molar-refractivity contribution in [3.8, 4) is 0 Å². The second-order valence-electron chi connectivity index (χ2n) is 6.34. The number of aryl methyl sites for hydroxylation is 1. The van der Waals surface area contributed by atoms with E-state index in [1.165, 1.54) is 4.88 Å². The molecule has 0 aromatic carbocycles. The number of nitrogens with zero attached hydrogens (tertiary/aromatic N) is 1. The average molecular weight is 388 g/mol. The van der Waals surface area contributed by atoms with E-state index in [0.29, 0.717) is 13.1 Å². The van der Waals surface area contributed by atoms with Crippen molar-refractivity contribution in [1.82, 2.24) is 15.5 Å². The molecule has 1 aromatic heterocycles. The molecular weight excluding hydrogens is 362 g/mol. The normalized spacial score (nSPS) is 19.5. The van der Waals surface area contributed by atoms with E-state index in [2.05, 4.69) is 10.6 Å². The zero-order valence-corrected chi connectivity index (χ0v) is 16.0. The third kappa shape index (κ3) is 6.84. The fraction of sp³-hybridized carbons (Fsp3) is 0.647. The van der Waals surface area contributed by atoms with Gasteiger partial charge in [0.15, 0.2) is 0 Å². The first-order chi connectivity index (χ1) is 12.0. The Hall–Kier alpha value is -1.31. The van der Waals surface area contributed by atoms with Crippen LogP contribution < -0.4 is 10.6 Å². The van der Waals surface area contributed by atoms with Gasteiger partial charge in [-0.15, -0.1) is 11.3 Å². The highest BCUT2D eigenvalue weighted by Crippen LogP contribution is 2.25. The molecule has 0 radical (unpaired) electrons. The molecule has 3 N–H and O–H groups in total. The van der Waals surface area contributed by atoms with E-state index in [1.54, 1.807) is 11.3 Å². The van der Waals surface area contributed by atoms with Crippen LogP contribution in [0.5, 0.6) is 0 Å². The van der Waals surface area contributed by atoms with Gasteiger partial charge in [0.2, 0.25) is 0 Å². The lowest BCUT2D eigenvalue weighted by molar-refractivity contribution is -0.139. The monoisotopic (exact) mass is 387 g/mol. The smallest absolute Gasteiger partial charge is 0.317 e. The number of unbranched alkanes of at least 4 members (excludes halogenated alkanes) is 1. The Morgan fingerprint density at radius 1 is 1.36 bits per heavy atom. The standard InChI is InChI=1S/C17H26ClN3O3S/c1-2-21(11-16(22)23)13-9-12(10-13)20-17(24)19-8-4-3-5-14-6-7-15(18)25-14/h6-7,12-13H,2-5,8-11H2,1H3,(H,22,23)(H2,19,20,24). The number of halogens is 1. The first kappa shape index (κ1) is 20.0. The van der Waals surface area contributed by atoms with E-state index in [-0.39, 0.29) is 24.7 Å². The molecule has 0 aliphatic heterocycles. The Morgan fingerprint density at radius 2 is 2.12 bits per heavy atom. The van der Waals surface area contributed by atoms with Gasteiger partial charge in [0.25, 0.3) is 0 Å². The molecule has 1 aromatic rings. The molecule has 25 heavy (non-hydrogen) atoms. The molecule has 0 atom stereocenters. The summed E-state index contributed by atoms with van der Waals surface area (Å²) in [6.45, 7) is 3.39. The summed E-state index contributed by atoms with van der Waals surface area (Å²) in [6.07, 6.45) is 4.56. The topological polar surface area (TPSA) is 81.7 Å². The van der Waals surface area contributed by atoms with Gasteiger partial charge in [-0.2, -0.15) is 0 Å². The van der Waals surface area contributed by atoms with Crippen LogP contribution in [0.2, 0.25) is 4.34 Å². The van der Waals surface area contributed by atoms with E-state index < -0.39 is 5.97 Å². The number of hydrogen-bond acceptors (Lipinski definition) is 4. The molecule has 1 fully saturated rings. The molecule has 0 unspecified atom stereocenters. The molecule has 0 saturated heterocycles. The lowest BCUT2D eigenvalue weighted by Crippen LogP contribution is -2.56. The zero-order chi connectivity index (χ0) is 18.2. The SMILES string of the molecule is CCN(CC(=O)O)C1CC(NC(=O)NCCCCc2ccc(Cl)s2)C1. The number of carbonyl (C=O) groups excluding carboxylic acids is 1. The number of urea groups is 1. The van der Waals surface area contributed by atoms with Gasteiger partial charge in [-0.1, -0.05) is 18.5 Å². The summed E-state index contributed by atoms with van der Waals surface area (Å²) in [5.41, 5.74) is 0. The fourth-order valence-corrected chi connectivity index (χ4v) is 4.15. The van der Waals surface area contributed by atoms with Crippen molar-refractivity contribution < 1.29 is 14.7 Å². The van der Waals surface area contributed by atoms with Crippen molar-refractivity contribution in [2.24, 2.45) is 0 Å². The minimum atomic E-state index is -0.805. The summed E-state index contributed by atoms with van der Waals surface area (Å²) in [5.74, 6) is -0.805. The minimum absolute atomic E-state index is 0.0650. The van der Waals surface area contributed by atoms with E-state index in [0.717, 1.165) is 36.4 Å². The molecule has 1 heterocycles. The van der Waals surface area contributed by atoms with E-state index in [9.17, 15) is 9.59 Å². The summed E-state index contributed by atoms with van der Waals surface area (Å²) in [5, 5.41) is 14.7. The van der Waals surface area contributed by atoms with Gasteiger partial charge in [-0.05, 0) is 50.8 Å². The molecular formula is C17H26ClN3O3S. The van der Waals surface area contributed by atoms with Gasteiger partial charge < -0.3 is 15.7 Å². The summed E-state index contributed by atoms with van der Waals surface area (Å²) >= 11 is 7.50. The van der Waals surface area contributed by atoms with Gasteiger partial charge >= 0.3 is 12.0 Å². The predicted octanol–water partition coefficient (Wildman–Crippen LogP) is 2.96. The molecule has 6 nitrogen and oxygen atoms in total. The van der Waals surface area contributed by atoms with Crippen molar-refractivity contribution in [2.75, 3.05) is 19.6 Å². The first-order valence-electron chi connectivity index (χ1n) is 8.72. The maximum Gasteiger partial charge on any atom is 0.317 e. The van der Waals surface area contributed by atoms with Crippen molar-refractivity contribution in [3.63, 3.8) is 0 Å². The van der Waals surface area contributed by atoms with Crippen LogP contribution in [0.4, 0.5) is 4.79 Å². The number of carboxylic acid groups (broad SMARTS) is 1. The number of aliphatic carboxylic acids is 1. The number of likely N-dealkylation sites (N-methyl/N-ethyl adjacent to an activating group) is 1. The van der Waals surface area contributed by atoms with Crippen LogP contribution in [0.25, 0.3) is 0 Å². The molecule has 140 valence electrons. The van der Waals surface area contributed by atoms with Gasteiger partial charge in [-0.25, -0.2) is 4.79 Å². The van der Waals surface area contributed by atoms with Gasteiger partial charge in [0.1, 0.15) is 0 Å². The molecule has 1 aliphatic rings. The highest BCUT2D eigenvalue weighted by Gasteiger charge is 2.34. The van der Waals surface area contributed by atoms with Gasteiger partial charge in [-0.3, -0.25) is 9.69 Å². The fourth-order valence-electron chi connectivity index (χ4n) is 3.03. The van der Waals surface area contributed by atoms with Crippen LogP contribution in [0.3, 0.4) is 0 Å².